The Hall–Kier alpha value is -2.73. The van der Waals surface area contributed by atoms with Crippen molar-refractivity contribution in [1.82, 2.24) is 0 Å². The minimum absolute atomic E-state index is 0.238. The van der Waals surface area contributed by atoms with E-state index in [1.54, 1.807) is 43.3 Å². The van der Waals surface area contributed by atoms with Gasteiger partial charge < -0.3 is 20.1 Å². The molecule has 24 heavy (non-hydrogen) atoms. The van der Waals surface area contributed by atoms with Crippen LogP contribution in [0, 0.1) is 6.92 Å². The van der Waals surface area contributed by atoms with Gasteiger partial charge in [-0.3, -0.25) is 0 Å². The van der Waals surface area contributed by atoms with Crippen LogP contribution in [-0.2, 0) is 4.74 Å². The highest BCUT2D eigenvalue weighted by Crippen LogP contribution is 2.21. The van der Waals surface area contributed by atoms with E-state index in [9.17, 15) is 9.59 Å². The molecule has 0 bridgehead atoms. The lowest BCUT2D eigenvalue weighted by molar-refractivity contribution is 0.104. The van der Waals surface area contributed by atoms with Crippen LogP contribution >= 0.6 is 11.6 Å². The number of aryl methyl sites for hydroxylation is 1. The first-order valence-corrected chi connectivity index (χ1v) is 7.64. The molecule has 2 N–H and O–H groups in total. The summed E-state index contributed by atoms with van der Waals surface area (Å²) in [5.41, 5.74) is 2.07. The zero-order valence-electron chi connectivity index (χ0n) is 13.3. The number of carbonyl (C=O) groups is 2. The van der Waals surface area contributed by atoms with Crippen LogP contribution < -0.4 is 15.4 Å². The normalized spacial score (nSPS) is 9.96. The fraction of sp³-hybridized carbons (Fsp3) is 0.176. The van der Waals surface area contributed by atoms with E-state index in [1.807, 2.05) is 13.0 Å². The Morgan fingerprint density at radius 2 is 1.79 bits per heavy atom. The number of hydrogen-bond donors (Lipinski definition) is 2. The molecule has 0 radical (unpaired) electrons. The largest absolute Gasteiger partial charge is 0.513 e. The fourth-order valence-corrected chi connectivity index (χ4v) is 2.04. The van der Waals surface area contributed by atoms with Gasteiger partial charge in [0, 0.05) is 16.4 Å². The van der Waals surface area contributed by atoms with Gasteiger partial charge in [0.15, 0.2) is 0 Å². The minimum atomic E-state index is -0.771. The van der Waals surface area contributed by atoms with Gasteiger partial charge in [-0.15, -0.1) is 0 Å². The Bertz CT molecular complexity index is 732. The quantitative estimate of drug-likeness (QED) is 0.613. The van der Waals surface area contributed by atoms with Gasteiger partial charge in [0.1, 0.15) is 5.75 Å². The van der Waals surface area contributed by atoms with E-state index in [1.165, 1.54) is 0 Å². The number of anilines is 2. The Balaban J connectivity index is 1.94. The van der Waals surface area contributed by atoms with Gasteiger partial charge in [0.2, 0.25) is 0 Å². The predicted octanol–water partition coefficient (Wildman–Crippen LogP) is 4.83. The predicted molar refractivity (Wildman–Crippen MR) is 92.9 cm³/mol. The number of ether oxygens (including phenoxy) is 2. The van der Waals surface area contributed by atoms with Gasteiger partial charge in [-0.2, -0.15) is 0 Å². The maximum absolute atomic E-state index is 12.0. The third-order valence-electron chi connectivity index (χ3n) is 3.02. The molecule has 0 fully saturated rings. The molecule has 126 valence electrons. The molecule has 2 aromatic carbocycles. The van der Waals surface area contributed by atoms with Crippen LogP contribution in [0.1, 0.15) is 12.5 Å². The summed E-state index contributed by atoms with van der Waals surface area (Å²) in [5, 5.41) is 5.94. The molecule has 0 unspecified atom stereocenters. The SMILES string of the molecule is CCOC(=O)Oc1ccc(NC(=O)Nc2cc(Cl)ccc2C)cc1. The second-order valence-electron chi connectivity index (χ2n) is 4.85. The summed E-state index contributed by atoms with van der Waals surface area (Å²) >= 11 is 5.92. The zero-order valence-corrected chi connectivity index (χ0v) is 14.0. The van der Waals surface area contributed by atoms with E-state index in [2.05, 4.69) is 15.4 Å². The highest BCUT2D eigenvalue weighted by Gasteiger charge is 2.07. The molecule has 0 aliphatic heterocycles. The van der Waals surface area contributed by atoms with E-state index < -0.39 is 12.2 Å². The average Bonchev–Trinajstić information content (AvgIpc) is 2.53. The highest BCUT2D eigenvalue weighted by atomic mass is 35.5. The smallest absolute Gasteiger partial charge is 0.434 e. The van der Waals surface area contributed by atoms with Crippen molar-refractivity contribution in [2.45, 2.75) is 13.8 Å². The van der Waals surface area contributed by atoms with Gasteiger partial charge in [-0.05, 0) is 55.8 Å². The highest BCUT2D eigenvalue weighted by molar-refractivity contribution is 6.31. The maximum Gasteiger partial charge on any atom is 0.513 e. The third kappa shape index (κ3) is 5.17. The molecule has 0 atom stereocenters. The molecule has 2 amide bonds. The fourth-order valence-electron chi connectivity index (χ4n) is 1.86. The number of benzene rings is 2. The molecule has 7 heteroatoms. The molecule has 0 saturated heterocycles. The molecule has 2 aromatic rings. The van der Waals surface area contributed by atoms with Crippen LogP contribution in [0.3, 0.4) is 0 Å². The molecule has 2 rings (SSSR count). The molecule has 0 aliphatic carbocycles. The van der Waals surface area contributed by atoms with E-state index in [-0.39, 0.29) is 6.61 Å². The lowest BCUT2D eigenvalue weighted by Crippen LogP contribution is -2.20. The van der Waals surface area contributed by atoms with Crippen molar-refractivity contribution in [3.8, 4) is 5.75 Å². The lowest BCUT2D eigenvalue weighted by Gasteiger charge is -2.11. The maximum atomic E-state index is 12.0. The van der Waals surface area contributed by atoms with Crippen LogP contribution in [0.15, 0.2) is 42.5 Å². The number of carbonyl (C=O) groups excluding carboxylic acids is 2. The van der Waals surface area contributed by atoms with Crippen molar-refractivity contribution < 1.29 is 19.1 Å². The van der Waals surface area contributed by atoms with Crippen molar-refractivity contribution in [3.63, 3.8) is 0 Å². The van der Waals surface area contributed by atoms with Gasteiger partial charge in [0.25, 0.3) is 0 Å². The third-order valence-corrected chi connectivity index (χ3v) is 3.26. The van der Waals surface area contributed by atoms with Crippen molar-refractivity contribution in [1.29, 1.82) is 0 Å². The number of amides is 2. The van der Waals surface area contributed by atoms with E-state index in [0.717, 1.165) is 5.56 Å². The van der Waals surface area contributed by atoms with Crippen molar-refractivity contribution in [2.24, 2.45) is 0 Å². The number of halogens is 1. The molecule has 0 saturated carbocycles. The standard InChI is InChI=1S/C17H17ClN2O4/c1-3-23-17(22)24-14-8-6-13(7-9-14)19-16(21)20-15-10-12(18)5-4-11(15)2/h4-10H,3H2,1-2H3,(H2,19,20,21). The molecule has 0 aliphatic rings. The zero-order chi connectivity index (χ0) is 17.5. The summed E-state index contributed by atoms with van der Waals surface area (Å²) in [6.07, 6.45) is -0.771. The second kappa shape index (κ2) is 8.21. The Kier molecular flexibility index (Phi) is 6.03. The molecule has 0 heterocycles. The van der Waals surface area contributed by atoms with Crippen LogP contribution in [0.5, 0.6) is 5.75 Å². The lowest BCUT2D eigenvalue weighted by atomic mass is 10.2. The molecular formula is C17H17ClN2O4. The average molecular weight is 349 g/mol. The van der Waals surface area contributed by atoms with Gasteiger partial charge in [0.05, 0.1) is 6.61 Å². The van der Waals surface area contributed by atoms with Crippen molar-refractivity contribution in [3.05, 3.63) is 53.1 Å². The summed E-state index contributed by atoms with van der Waals surface area (Å²) in [6, 6.07) is 11.2. The first kappa shape index (κ1) is 17.6. The van der Waals surface area contributed by atoms with Crippen LogP contribution in [0.2, 0.25) is 5.02 Å². The first-order valence-electron chi connectivity index (χ1n) is 7.26. The first-order chi connectivity index (χ1) is 11.5. The minimum Gasteiger partial charge on any atom is -0.434 e. The monoisotopic (exact) mass is 348 g/mol. The number of rotatable bonds is 4. The summed E-state index contributed by atoms with van der Waals surface area (Å²) in [6.45, 7) is 3.80. The van der Waals surface area contributed by atoms with E-state index in [0.29, 0.717) is 22.1 Å². The summed E-state index contributed by atoms with van der Waals surface area (Å²) in [7, 11) is 0. The van der Waals surface area contributed by atoms with Crippen LogP contribution in [0.25, 0.3) is 0 Å². The van der Waals surface area contributed by atoms with Crippen molar-refractivity contribution >= 4 is 35.2 Å². The van der Waals surface area contributed by atoms with E-state index >= 15 is 0 Å². The van der Waals surface area contributed by atoms with Gasteiger partial charge in [-0.1, -0.05) is 17.7 Å². The molecular weight excluding hydrogens is 332 g/mol. The summed E-state index contributed by atoms with van der Waals surface area (Å²) in [5.74, 6) is 0.324. The van der Waals surface area contributed by atoms with Crippen LogP contribution in [0.4, 0.5) is 21.0 Å². The number of hydrogen-bond acceptors (Lipinski definition) is 4. The number of urea groups is 1. The summed E-state index contributed by atoms with van der Waals surface area (Å²) < 4.78 is 9.61. The Morgan fingerprint density at radius 1 is 1.08 bits per heavy atom. The van der Waals surface area contributed by atoms with E-state index in [4.69, 9.17) is 16.3 Å². The van der Waals surface area contributed by atoms with Gasteiger partial charge in [-0.25, -0.2) is 9.59 Å². The molecule has 0 aromatic heterocycles. The van der Waals surface area contributed by atoms with Crippen molar-refractivity contribution in [2.75, 3.05) is 17.2 Å². The second-order valence-corrected chi connectivity index (χ2v) is 5.28. The van der Waals surface area contributed by atoms with Gasteiger partial charge >= 0.3 is 12.2 Å². The Labute approximate surface area is 144 Å². The molecule has 0 spiro atoms. The molecule has 6 nitrogen and oxygen atoms in total. The number of nitrogens with one attached hydrogen (secondary N) is 2. The topological polar surface area (TPSA) is 76.7 Å². The van der Waals surface area contributed by atoms with Crippen LogP contribution in [-0.4, -0.2) is 18.8 Å². The Morgan fingerprint density at radius 3 is 2.46 bits per heavy atom. The summed E-state index contributed by atoms with van der Waals surface area (Å²) in [4.78, 5) is 23.2.